The molecule has 0 saturated carbocycles. The molecule has 0 atom stereocenters. The SMILES string of the molecule is O=C(O)Nc1ccc(-c2ccc(Br)cc2)cc1. The van der Waals surface area contributed by atoms with E-state index in [9.17, 15) is 4.79 Å². The van der Waals surface area contributed by atoms with Crippen molar-refractivity contribution in [1.82, 2.24) is 0 Å². The number of carboxylic acid groups (broad SMARTS) is 1. The largest absolute Gasteiger partial charge is 0.465 e. The quantitative estimate of drug-likeness (QED) is 0.871. The molecule has 0 aromatic heterocycles. The van der Waals surface area contributed by atoms with Crippen molar-refractivity contribution in [3.63, 3.8) is 0 Å². The third-order valence-corrected chi connectivity index (χ3v) is 2.84. The van der Waals surface area contributed by atoms with Crippen molar-refractivity contribution in [1.29, 1.82) is 0 Å². The first-order chi connectivity index (χ1) is 8.15. The summed E-state index contributed by atoms with van der Waals surface area (Å²) >= 11 is 3.38. The zero-order chi connectivity index (χ0) is 12.3. The van der Waals surface area contributed by atoms with Gasteiger partial charge in [0.1, 0.15) is 0 Å². The Morgan fingerprint density at radius 3 is 1.88 bits per heavy atom. The lowest BCUT2D eigenvalue weighted by Gasteiger charge is -2.04. The molecule has 0 unspecified atom stereocenters. The molecule has 4 heteroatoms. The van der Waals surface area contributed by atoms with Gasteiger partial charge in [0.05, 0.1) is 0 Å². The highest BCUT2D eigenvalue weighted by atomic mass is 79.9. The fourth-order valence-corrected chi connectivity index (χ4v) is 1.78. The van der Waals surface area contributed by atoms with Gasteiger partial charge < -0.3 is 5.11 Å². The van der Waals surface area contributed by atoms with E-state index in [-0.39, 0.29) is 0 Å². The smallest absolute Gasteiger partial charge is 0.409 e. The van der Waals surface area contributed by atoms with Gasteiger partial charge in [-0.3, -0.25) is 5.32 Å². The van der Waals surface area contributed by atoms with E-state index in [1.807, 2.05) is 36.4 Å². The molecular formula is C13H10BrNO2. The van der Waals surface area contributed by atoms with Gasteiger partial charge in [0.25, 0.3) is 0 Å². The highest BCUT2D eigenvalue weighted by molar-refractivity contribution is 9.10. The van der Waals surface area contributed by atoms with E-state index in [1.165, 1.54) is 0 Å². The number of nitrogens with one attached hydrogen (secondary N) is 1. The minimum absolute atomic E-state index is 0.568. The molecule has 0 fully saturated rings. The van der Waals surface area contributed by atoms with E-state index in [0.29, 0.717) is 5.69 Å². The first kappa shape index (κ1) is 11.7. The Hall–Kier alpha value is -1.81. The number of anilines is 1. The van der Waals surface area contributed by atoms with Crippen molar-refractivity contribution >= 4 is 27.7 Å². The van der Waals surface area contributed by atoms with Crippen LogP contribution in [-0.2, 0) is 0 Å². The standard InChI is InChI=1S/C13H10BrNO2/c14-11-5-1-9(2-6-11)10-3-7-12(8-4-10)15-13(16)17/h1-8,15H,(H,16,17). The summed E-state index contributed by atoms with van der Waals surface area (Å²) in [6.07, 6.45) is -1.05. The van der Waals surface area contributed by atoms with Crippen molar-refractivity contribution < 1.29 is 9.90 Å². The molecule has 0 bridgehead atoms. The summed E-state index contributed by atoms with van der Waals surface area (Å²) in [5.41, 5.74) is 2.71. The normalized spacial score (nSPS) is 9.94. The molecule has 3 nitrogen and oxygen atoms in total. The number of halogens is 1. The Labute approximate surface area is 107 Å². The summed E-state index contributed by atoms with van der Waals surface area (Å²) in [5, 5.41) is 10.9. The van der Waals surface area contributed by atoms with Crippen molar-refractivity contribution in [2.24, 2.45) is 0 Å². The van der Waals surface area contributed by atoms with Gasteiger partial charge in [-0.25, -0.2) is 4.79 Å². The Kier molecular flexibility index (Phi) is 3.44. The summed E-state index contributed by atoms with van der Waals surface area (Å²) in [5.74, 6) is 0. The van der Waals surface area contributed by atoms with Gasteiger partial charge in [-0.05, 0) is 35.4 Å². The number of hydrogen-bond acceptors (Lipinski definition) is 1. The summed E-state index contributed by atoms with van der Waals surface area (Å²) in [7, 11) is 0. The maximum Gasteiger partial charge on any atom is 0.409 e. The van der Waals surface area contributed by atoms with Crippen molar-refractivity contribution in [2.45, 2.75) is 0 Å². The monoisotopic (exact) mass is 291 g/mol. The molecule has 86 valence electrons. The van der Waals surface area contributed by atoms with E-state index in [1.54, 1.807) is 12.1 Å². The van der Waals surface area contributed by atoms with Crippen LogP contribution in [0.4, 0.5) is 10.5 Å². The Morgan fingerprint density at radius 2 is 1.41 bits per heavy atom. The summed E-state index contributed by atoms with van der Waals surface area (Å²) in [6.45, 7) is 0. The van der Waals surface area contributed by atoms with Gasteiger partial charge in [-0.1, -0.05) is 40.2 Å². The van der Waals surface area contributed by atoms with Crippen LogP contribution in [0.5, 0.6) is 0 Å². The maximum atomic E-state index is 10.4. The lowest BCUT2D eigenvalue weighted by molar-refractivity contribution is 0.210. The van der Waals surface area contributed by atoms with Crippen LogP contribution in [0.1, 0.15) is 0 Å². The summed E-state index contributed by atoms with van der Waals surface area (Å²) in [4.78, 5) is 10.4. The minimum Gasteiger partial charge on any atom is -0.465 e. The molecular weight excluding hydrogens is 282 g/mol. The van der Waals surface area contributed by atoms with Gasteiger partial charge in [0.15, 0.2) is 0 Å². The molecule has 0 aliphatic carbocycles. The second kappa shape index (κ2) is 5.01. The van der Waals surface area contributed by atoms with Crippen molar-refractivity contribution in [3.8, 4) is 11.1 Å². The molecule has 2 aromatic carbocycles. The first-order valence-corrected chi connectivity index (χ1v) is 5.80. The Bertz CT molecular complexity index is 520. The lowest BCUT2D eigenvalue weighted by Crippen LogP contribution is -2.06. The second-order valence-corrected chi connectivity index (χ2v) is 4.43. The number of rotatable bonds is 2. The molecule has 0 radical (unpaired) electrons. The highest BCUT2D eigenvalue weighted by Gasteiger charge is 2.00. The number of carbonyl (C=O) groups is 1. The van der Waals surface area contributed by atoms with Gasteiger partial charge in [-0.2, -0.15) is 0 Å². The van der Waals surface area contributed by atoms with E-state index in [4.69, 9.17) is 5.11 Å². The zero-order valence-corrected chi connectivity index (χ0v) is 10.4. The molecule has 0 aliphatic heterocycles. The topological polar surface area (TPSA) is 49.3 Å². The second-order valence-electron chi connectivity index (χ2n) is 3.51. The molecule has 17 heavy (non-hydrogen) atoms. The Morgan fingerprint density at radius 1 is 0.941 bits per heavy atom. The van der Waals surface area contributed by atoms with Crippen LogP contribution in [0.2, 0.25) is 0 Å². The molecule has 0 spiro atoms. The number of benzene rings is 2. The third-order valence-electron chi connectivity index (χ3n) is 2.31. The fraction of sp³-hybridized carbons (Fsp3) is 0. The Balaban J connectivity index is 2.23. The highest BCUT2D eigenvalue weighted by Crippen LogP contribution is 2.23. The molecule has 2 aromatic rings. The van der Waals surface area contributed by atoms with Crippen LogP contribution < -0.4 is 5.32 Å². The van der Waals surface area contributed by atoms with Crippen LogP contribution >= 0.6 is 15.9 Å². The van der Waals surface area contributed by atoms with E-state index in [2.05, 4.69) is 21.2 Å². The number of hydrogen-bond donors (Lipinski definition) is 2. The molecule has 0 saturated heterocycles. The van der Waals surface area contributed by atoms with Crippen molar-refractivity contribution in [3.05, 3.63) is 53.0 Å². The molecule has 0 aliphatic rings. The first-order valence-electron chi connectivity index (χ1n) is 5.01. The maximum absolute atomic E-state index is 10.4. The third kappa shape index (κ3) is 3.07. The molecule has 1 amide bonds. The minimum atomic E-state index is -1.05. The van der Waals surface area contributed by atoms with E-state index in [0.717, 1.165) is 15.6 Å². The predicted molar refractivity (Wildman–Crippen MR) is 71.2 cm³/mol. The molecule has 0 heterocycles. The van der Waals surface area contributed by atoms with Crippen LogP contribution in [0.25, 0.3) is 11.1 Å². The summed E-state index contributed by atoms with van der Waals surface area (Å²) < 4.78 is 1.03. The fourth-order valence-electron chi connectivity index (χ4n) is 1.51. The van der Waals surface area contributed by atoms with Gasteiger partial charge in [0.2, 0.25) is 0 Å². The number of amides is 1. The van der Waals surface area contributed by atoms with E-state index < -0.39 is 6.09 Å². The van der Waals surface area contributed by atoms with Crippen LogP contribution in [0.3, 0.4) is 0 Å². The van der Waals surface area contributed by atoms with E-state index >= 15 is 0 Å². The summed E-state index contributed by atoms with van der Waals surface area (Å²) in [6, 6.07) is 15.2. The average molecular weight is 292 g/mol. The van der Waals surface area contributed by atoms with Gasteiger partial charge in [-0.15, -0.1) is 0 Å². The van der Waals surface area contributed by atoms with Crippen LogP contribution in [0.15, 0.2) is 53.0 Å². The lowest BCUT2D eigenvalue weighted by atomic mass is 10.1. The zero-order valence-electron chi connectivity index (χ0n) is 8.85. The molecule has 2 N–H and O–H groups in total. The average Bonchev–Trinajstić information content (AvgIpc) is 2.30. The van der Waals surface area contributed by atoms with Crippen LogP contribution in [-0.4, -0.2) is 11.2 Å². The van der Waals surface area contributed by atoms with Crippen LogP contribution in [0, 0.1) is 0 Å². The molecule has 2 rings (SSSR count). The van der Waals surface area contributed by atoms with Crippen molar-refractivity contribution in [2.75, 3.05) is 5.32 Å². The predicted octanol–water partition coefficient (Wildman–Crippen LogP) is 4.21. The van der Waals surface area contributed by atoms with Gasteiger partial charge in [0, 0.05) is 10.2 Å². The van der Waals surface area contributed by atoms with Gasteiger partial charge >= 0.3 is 6.09 Å².